The van der Waals surface area contributed by atoms with Gasteiger partial charge in [-0.3, -0.25) is 4.79 Å². The number of halogens is 1. The van der Waals surface area contributed by atoms with Crippen LogP contribution >= 0.6 is 0 Å². The van der Waals surface area contributed by atoms with Crippen LogP contribution in [0.5, 0.6) is 0 Å². The number of carboxylic acid groups (broad SMARTS) is 1. The molecule has 0 aliphatic rings. The number of aliphatic carboxylic acids is 1. The zero-order valence-corrected chi connectivity index (χ0v) is 6.83. The minimum absolute atomic E-state index is 0.0595. The van der Waals surface area contributed by atoms with Gasteiger partial charge >= 0.3 is 5.97 Å². The van der Waals surface area contributed by atoms with E-state index < -0.39 is 11.8 Å². The average Bonchev–Trinajstić information content (AvgIpc) is 2.08. The highest BCUT2D eigenvalue weighted by Gasteiger charge is 2.01. The lowest BCUT2D eigenvalue weighted by atomic mass is 10.4. The van der Waals surface area contributed by atoms with Gasteiger partial charge in [0.2, 0.25) is 0 Å². The van der Waals surface area contributed by atoms with E-state index in [9.17, 15) is 9.18 Å². The van der Waals surface area contributed by atoms with Gasteiger partial charge in [-0.15, -0.1) is 0 Å². The Bertz CT molecular complexity index is 304. The van der Waals surface area contributed by atoms with Gasteiger partial charge in [0.25, 0.3) is 0 Å². The van der Waals surface area contributed by atoms with E-state index in [0.29, 0.717) is 0 Å². The molecule has 0 fully saturated rings. The third-order valence-corrected chi connectivity index (χ3v) is 1.39. The summed E-state index contributed by atoms with van der Waals surface area (Å²) in [5, 5.41) is 10.9. The number of anilines is 1. The summed E-state index contributed by atoms with van der Waals surface area (Å²) in [7, 11) is 0. The van der Waals surface area contributed by atoms with Crippen LogP contribution in [0.2, 0.25) is 0 Å². The first-order valence-electron chi connectivity index (χ1n) is 3.76. The lowest BCUT2D eigenvalue weighted by Crippen LogP contribution is -2.09. The highest BCUT2D eigenvalue weighted by Crippen LogP contribution is 2.07. The summed E-state index contributed by atoms with van der Waals surface area (Å²) < 4.78 is 12.8. The van der Waals surface area contributed by atoms with Crippen LogP contribution < -0.4 is 5.32 Å². The summed E-state index contributed by atoms with van der Waals surface area (Å²) in [5.41, 5.74) is 0. The highest BCUT2D eigenvalue weighted by atomic mass is 19.1. The highest BCUT2D eigenvalue weighted by molar-refractivity contribution is 5.67. The largest absolute Gasteiger partial charge is 0.481 e. The molecule has 2 N–H and O–H groups in total. The van der Waals surface area contributed by atoms with Crippen molar-refractivity contribution in [3.8, 4) is 0 Å². The number of hydrogen-bond acceptors (Lipinski definition) is 3. The number of nitrogens with one attached hydrogen (secondary N) is 1. The zero-order chi connectivity index (χ0) is 9.68. The molecule has 0 amide bonds. The monoisotopic (exact) mass is 184 g/mol. The van der Waals surface area contributed by atoms with E-state index in [-0.39, 0.29) is 18.8 Å². The first-order valence-corrected chi connectivity index (χ1v) is 3.76. The maximum atomic E-state index is 12.8. The topological polar surface area (TPSA) is 62.2 Å². The van der Waals surface area contributed by atoms with E-state index in [2.05, 4.69) is 10.3 Å². The first-order chi connectivity index (χ1) is 6.20. The second-order valence-corrected chi connectivity index (χ2v) is 2.40. The first kappa shape index (κ1) is 9.44. The third kappa shape index (κ3) is 3.06. The molecule has 1 heterocycles. The Morgan fingerprint density at radius 1 is 1.69 bits per heavy atom. The van der Waals surface area contributed by atoms with Gasteiger partial charge in [-0.05, 0) is 12.1 Å². The smallest absolute Gasteiger partial charge is 0.305 e. The number of hydrogen-bond donors (Lipinski definition) is 2. The molecule has 0 spiro atoms. The Balaban J connectivity index is 2.45. The maximum absolute atomic E-state index is 12.8. The molecule has 13 heavy (non-hydrogen) atoms. The zero-order valence-electron chi connectivity index (χ0n) is 6.83. The fourth-order valence-corrected chi connectivity index (χ4v) is 0.804. The van der Waals surface area contributed by atoms with Crippen LogP contribution in [0.4, 0.5) is 10.2 Å². The quantitative estimate of drug-likeness (QED) is 0.735. The van der Waals surface area contributed by atoms with Crippen molar-refractivity contribution in [2.45, 2.75) is 6.42 Å². The predicted octanol–water partition coefficient (Wildman–Crippen LogP) is 1.11. The van der Waals surface area contributed by atoms with Gasteiger partial charge in [-0.25, -0.2) is 9.37 Å². The molecule has 0 aliphatic carbocycles. The molecular formula is C8H9FN2O2. The van der Waals surface area contributed by atoms with Crippen LogP contribution in [-0.2, 0) is 4.79 Å². The van der Waals surface area contributed by atoms with Gasteiger partial charge in [0.15, 0.2) is 11.6 Å². The lowest BCUT2D eigenvalue weighted by Gasteiger charge is -2.03. The number of nitrogens with zero attached hydrogens (tertiary/aromatic N) is 1. The normalized spacial score (nSPS) is 9.62. The van der Waals surface area contributed by atoms with Crippen LogP contribution in [0.3, 0.4) is 0 Å². The predicted molar refractivity (Wildman–Crippen MR) is 44.9 cm³/mol. The van der Waals surface area contributed by atoms with Gasteiger partial charge in [0.05, 0.1) is 6.42 Å². The van der Waals surface area contributed by atoms with Crippen molar-refractivity contribution in [1.29, 1.82) is 0 Å². The fraction of sp³-hybridized carbons (Fsp3) is 0.250. The van der Waals surface area contributed by atoms with Crippen molar-refractivity contribution in [3.63, 3.8) is 0 Å². The Labute approximate surface area is 74.4 Å². The minimum atomic E-state index is -0.927. The van der Waals surface area contributed by atoms with Crippen molar-refractivity contribution >= 4 is 11.8 Å². The Hall–Kier alpha value is -1.65. The molecule has 1 aromatic rings. The fourth-order valence-electron chi connectivity index (χ4n) is 0.804. The molecule has 1 aromatic heterocycles. The molecule has 4 nitrogen and oxygen atoms in total. The Morgan fingerprint density at radius 2 is 2.46 bits per heavy atom. The van der Waals surface area contributed by atoms with Crippen LogP contribution in [0.25, 0.3) is 0 Å². The van der Waals surface area contributed by atoms with E-state index in [4.69, 9.17) is 5.11 Å². The summed E-state index contributed by atoms with van der Waals surface area (Å²) in [6.07, 6.45) is 1.38. The average molecular weight is 184 g/mol. The van der Waals surface area contributed by atoms with Gasteiger partial charge in [0.1, 0.15) is 0 Å². The molecule has 0 unspecified atom stereocenters. The number of aromatic nitrogens is 1. The van der Waals surface area contributed by atoms with Crippen LogP contribution in [-0.4, -0.2) is 22.6 Å². The number of carboxylic acids is 1. The molecule has 1 rings (SSSR count). The van der Waals surface area contributed by atoms with Crippen LogP contribution in [0.15, 0.2) is 18.3 Å². The molecule has 70 valence electrons. The van der Waals surface area contributed by atoms with Crippen LogP contribution in [0, 0.1) is 5.82 Å². The van der Waals surface area contributed by atoms with Gasteiger partial charge < -0.3 is 10.4 Å². The minimum Gasteiger partial charge on any atom is -0.481 e. The molecule has 0 aliphatic heterocycles. The summed E-state index contributed by atoms with van der Waals surface area (Å²) in [5.74, 6) is -1.32. The van der Waals surface area contributed by atoms with E-state index in [1.807, 2.05) is 0 Å². The number of pyridine rings is 1. The summed E-state index contributed by atoms with van der Waals surface area (Å²) in [6, 6.07) is 2.73. The third-order valence-electron chi connectivity index (χ3n) is 1.39. The maximum Gasteiger partial charge on any atom is 0.305 e. The second-order valence-electron chi connectivity index (χ2n) is 2.40. The molecule has 0 radical (unpaired) electrons. The molecule has 0 saturated carbocycles. The summed E-state index contributed by atoms with van der Waals surface area (Å²) >= 11 is 0. The van der Waals surface area contributed by atoms with E-state index in [1.54, 1.807) is 0 Å². The number of rotatable bonds is 4. The summed E-state index contributed by atoms with van der Waals surface area (Å²) in [4.78, 5) is 13.8. The molecule has 0 saturated heterocycles. The Morgan fingerprint density at radius 3 is 3.08 bits per heavy atom. The molecular weight excluding hydrogens is 175 g/mol. The second kappa shape index (κ2) is 4.39. The van der Waals surface area contributed by atoms with E-state index >= 15 is 0 Å². The van der Waals surface area contributed by atoms with E-state index in [0.717, 1.165) is 0 Å². The van der Waals surface area contributed by atoms with Crippen molar-refractivity contribution in [3.05, 3.63) is 24.1 Å². The molecule has 0 atom stereocenters. The molecule has 0 aromatic carbocycles. The Kier molecular flexibility index (Phi) is 3.19. The number of carbonyl (C=O) groups is 1. The van der Waals surface area contributed by atoms with Crippen molar-refractivity contribution in [2.75, 3.05) is 11.9 Å². The van der Waals surface area contributed by atoms with Crippen LogP contribution in [0.1, 0.15) is 6.42 Å². The summed E-state index contributed by atoms with van der Waals surface area (Å²) in [6.45, 7) is 0.170. The van der Waals surface area contributed by atoms with Gasteiger partial charge in [-0.2, -0.15) is 0 Å². The van der Waals surface area contributed by atoms with Gasteiger partial charge in [-0.1, -0.05) is 0 Å². The van der Waals surface area contributed by atoms with Crippen molar-refractivity contribution in [1.82, 2.24) is 4.98 Å². The van der Waals surface area contributed by atoms with E-state index in [1.165, 1.54) is 18.3 Å². The van der Waals surface area contributed by atoms with Crippen molar-refractivity contribution < 1.29 is 14.3 Å². The molecule has 0 bridgehead atoms. The van der Waals surface area contributed by atoms with Gasteiger partial charge in [0, 0.05) is 12.7 Å². The lowest BCUT2D eigenvalue weighted by molar-refractivity contribution is -0.136. The standard InChI is InChI=1S/C8H9FN2O2/c9-6-2-1-4-10-8(6)11-5-3-7(12)13/h1-2,4H,3,5H2,(H,10,11)(H,12,13). The molecule has 5 heteroatoms. The SMILES string of the molecule is O=C(O)CCNc1ncccc1F. The van der Waals surface area contributed by atoms with Crippen molar-refractivity contribution in [2.24, 2.45) is 0 Å².